The van der Waals surface area contributed by atoms with Crippen molar-refractivity contribution in [1.29, 1.82) is 0 Å². The lowest BCUT2D eigenvalue weighted by Crippen LogP contribution is -2.55. The van der Waals surface area contributed by atoms with Gasteiger partial charge in [-0.15, -0.1) is 24.8 Å². The van der Waals surface area contributed by atoms with Crippen LogP contribution in [-0.2, 0) is 13.2 Å². The van der Waals surface area contributed by atoms with Crippen LogP contribution in [0.15, 0.2) is 42.5 Å². The summed E-state index contributed by atoms with van der Waals surface area (Å²) in [4.78, 5) is 2.57. The Balaban J connectivity index is 0.00000150. The fourth-order valence-electron chi connectivity index (χ4n) is 4.23. The highest BCUT2D eigenvalue weighted by molar-refractivity contribution is 6.31. The minimum absolute atomic E-state index is 0. The number of nitrogens with zero attached hydrogens (tertiary/aromatic N) is 1. The summed E-state index contributed by atoms with van der Waals surface area (Å²) in [5.74, 6) is 2.36. The Morgan fingerprint density at radius 2 is 1.76 bits per heavy atom. The number of methoxy groups -OCH3 is 1. The van der Waals surface area contributed by atoms with Crippen LogP contribution in [0.25, 0.3) is 0 Å². The quantitative estimate of drug-likeness (QED) is 0.635. The molecule has 3 saturated heterocycles. The molecule has 3 heterocycles. The maximum Gasteiger partial charge on any atom is 0.166 e. The average Bonchev–Trinajstić information content (AvgIpc) is 2.72. The van der Waals surface area contributed by atoms with Crippen molar-refractivity contribution in [3.8, 4) is 11.5 Å². The molecule has 4 nitrogen and oxygen atoms in total. The Morgan fingerprint density at radius 1 is 1.03 bits per heavy atom. The Labute approximate surface area is 190 Å². The van der Waals surface area contributed by atoms with E-state index in [4.69, 9.17) is 21.1 Å². The van der Waals surface area contributed by atoms with Gasteiger partial charge in [-0.25, -0.2) is 0 Å². The molecule has 3 fully saturated rings. The van der Waals surface area contributed by atoms with Crippen LogP contribution in [0.1, 0.15) is 24.0 Å². The van der Waals surface area contributed by atoms with Crippen LogP contribution in [0.2, 0.25) is 5.02 Å². The van der Waals surface area contributed by atoms with Crippen molar-refractivity contribution >= 4 is 36.4 Å². The Kier molecular flexibility index (Phi) is 9.38. The summed E-state index contributed by atoms with van der Waals surface area (Å²) < 4.78 is 11.7. The first-order valence-electron chi connectivity index (χ1n) is 9.72. The van der Waals surface area contributed by atoms with Gasteiger partial charge in [-0.2, -0.15) is 0 Å². The summed E-state index contributed by atoms with van der Waals surface area (Å²) in [5.41, 5.74) is 2.10. The zero-order valence-corrected chi connectivity index (χ0v) is 19.0. The average molecular weight is 460 g/mol. The molecule has 0 saturated carbocycles. The molecule has 29 heavy (non-hydrogen) atoms. The lowest BCUT2D eigenvalue weighted by molar-refractivity contribution is 0.0718. The van der Waals surface area contributed by atoms with E-state index in [9.17, 15) is 0 Å². The molecule has 160 valence electrons. The van der Waals surface area contributed by atoms with Gasteiger partial charge in [0.15, 0.2) is 11.5 Å². The summed E-state index contributed by atoms with van der Waals surface area (Å²) >= 11 is 6.27. The zero-order valence-electron chi connectivity index (χ0n) is 16.6. The van der Waals surface area contributed by atoms with Crippen LogP contribution >= 0.6 is 36.4 Å². The number of hydrogen-bond donors (Lipinski definition) is 1. The number of para-hydroxylation sites is 1. The van der Waals surface area contributed by atoms with Crippen LogP contribution in [0.3, 0.4) is 0 Å². The molecule has 2 aromatic carbocycles. The number of halogens is 3. The van der Waals surface area contributed by atoms with E-state index in [-0.39, 0.29) is 24.8 Å². The third kappa shape index (κ3) is 5.71. The Hall–Kier alpha value is -1.17. The van der Waals surface area contributed by atoms with Gasteiger partial charge in [0.05, 0.1) is 7.11 Å². The van der Waals surface area contributed by atoms with E-state index in [1.54, 1.807) is 7.11 Å². The highest BCUT2D eigenvalue weighted by Gasteiger charge is 2.33. The molecule has 0 aromatic heterocycles. The second kappa shape index (κ2) is 11.3. The minimum Gasteiger partial charge on any atom is -0.493 e. The lowest BCUT2D eigenvalue weighted by Gasteiger charge is -2.45. The molecule has 0 aliphatic carbocycles. The van der Waals surface area contributed by atoms with E-state index in [1.165, 1.54) is 25.9 Å². The molecule has 3 aliphatic heterocycles. The predicted octanol–water partition coefficient (Wildman–Crippen LogP) is 4.96. The predicted molar refractivity (Wildman–Crippen MR) is 123 cm³/mol. The van der Waals surface area contributed by atoms with Crippen molar-refractivity contribution in [2.24, 2.45) is 5.92 Å². The summed E-state index contributed by atoms with van der Waals surface area (Å²) in [6, 6.07) is 14.4. The molecular weight excluding hydrogens is 431 g/mol. The normalized spacial score (nSPS) is 22.3. The monoisotopic (exact) mass is 458 g/mol. The molecule has 7 heteroatoms. The fraction of sp³-hybridized carbons (Fsp3) is 0.455. The molecule has 2 aromatic rings. The van der Waals surface area contributed by atoms with Crippen LogP contribution < -0.4 is 14.8 Å². The van der Waals surface area contributed by atoms with Crippen molar-refractivity contribution in [3.05, 3.63) is 58.6 Å². The van der Waals surface area contributed by atoms with E-state index in [1.807, 2.05) is 36.4 Å². The van der Waals surface area contributed by atoms with Gasteiger partial charge in [-0.05, 0) is 44.0 Å². The van der Waals surface area contributed by atoms with E-state index in [0.717, 1.165) is 46.7 Å². The van der Waals surface area contributed by atoms with Crippen molar-refractivity contribution in [2.45, 2.75) is 32.0 Å². The molecule has 3 aliphatic rings. The molecule has 0 amide bonds. The maximum absolute atomic E-state index is 6.27. The number of hydrogen-bond acceptors (Lipinski definition) is 4. The number of fused-ring (bicyclic) bond motifs is 3. The van der Waals surface area contributed by atoms with Gasteiger partial charge in [0, 0.05) is 35.3 Å². The zero-order chi connectivity index (χ0) is 18.6. The number of nitrogens with one attached hydrogen (secondary N) is 1. The van der Waals surface area contributed by atoms with Gasteiger partial charge >= 0.3 is 0 Å². The lowest BCUT2D eigenvalue weighted by atomic mass is 9.84. The molecule has 5 rings (SSSR count). The van der Waals surface area contributed by atoms with Crippen molar-refractivity contribution < 1.29 is 9.47 Å². The number of benzene rings is 2. The van der Waals surface area contributed by atoms with Crippen molar-refractivity contribution in [3.63, 3.8) is 0 Å². The van der Waals surface area contributed by atoms with Gasteiger partial charge in [-0.3, -0.25) is 0 Å². The second-order valence-corrected chi connectivity index (χ2v) is 7.86. The molecule has 0 radical (unpaired) electrons. The highest BCUT2D eigenvalue weighted by Crippen LogP contribution is 2.33. The summed E-state index contributed by atoms with van der Waals surface area (Å²) in [7, 11) is 1.68. The van der Waals surface area contributed by atoms with Gasteiger partial charge < -0.3 is 19.7 Å². The van der Waals surface area contributed by atoms with Crippen molar-refractivity contribution in [1.82, 2.24) is 10.2 Å². The topological polar surface area (TPSA) is 33.7 Å². The second-order valence-electron chi connectivity index (χ2n) is 7.45. The largest absolute Gasteiger partial charge is 0.493 e. The van der Waals surface area contributed by atoms with E-state index < -0.39 is 0 Å². The summed E-state index contributed by atoms with van der Waals surface area (Å²) in [6.45, 7) is 4.88. The molecular formula is C22H29Cl3N2O2. The first kappa shape index (κ1) is 24.1. The first-order valence-corrected chi connectivity index (χ1v) is 10.1. The van der Waals surface area contributed by atoms with Crippen LogP contribution in [0, 0.1) is 5.92 Å². The number of piperidine rings is 3. The maximum atomic E-state index is 6.27. The fourth-order valence-corrected chi connectivity index (χ4v) is 4.42. The number of rotatable bonds is 7. The first-order chi connectivity index (χ1) is 13.2. The molecule has 1 unspecified atom stereocenters. The third-order valence-corrected chi connectivity index (χ3v) is 6.19. The van der Waals surface area contributed by atoms with E-state index in [2.05, 4.69) is 16.3 Å². The number of ether oxygens (including phenoxy) is 2. The third-order valence-electron chi connectivity index (χ3n) is 5.82. The van der Waals surface area contributed by atoms with Crippen molar-refractivity contribution in [2.75, 3.05) is 26.7 Å². The van der Waals surface area contributed by atoms with Crippen LogP contribution in [0.4, 0.5) is 0 Å². The molecule has 2 bridgehead atoms. The van der Waals surface area contributed by atoms with Gasteiger partial charge in [0.1, 0.15) is 6.61 Å². The molecule has 0 spiro atoms. The SMILES string of the molecule is COc1cccc(CNC2CN3CCC2CC3)c1OCc1ccccc1Cl.Cl.Cl. The van der Waals surface area contributed by atoms with Crippen LogP contribution in [0.5, 0.6) is 11.5 Å². The van der Waals surface area contributed by atoms with Crippen LogP contribution in [-0.4, -0.2) is 37.7 Å². The Bertz CT molecular complexity index is 782. The minimum atomic E-state index is 0. The van der Waals surface area contributed by atoms with Gasteiger partial charge in [0.2, 0.25) is 0 Å². The molecule has 1 N–H and O–H groups in total. The summed E-state index contributed by atoms with van der Waals surface area (Å²) in [5, 5.41) is 4.49. The molecule has 1 atom stereocenters. The summed E-state index contributed by atoms with van der Waals surface area (Å²) in [6.07, 6.45) is 2.62. The van der Waals surface area contributed by atoms with E-state index >= 15 is 0 Å². The Morgan fingerprint density at radius 3 is 2.41 bits per heavy atom. The standard InChI is InChI=1S/C22H27ClN2O2.2ClH/c1-26-21-8-4-6-17(13-24-20-14-25-11-9-16(20)10-12-25)22(21)27-15-18-5-2-3-7-19(18)23;;/h2-8,16,20,24H,9-15H2,1H3;2*1H. The van der Waals surface area contributed by atoms with Gasteiger partial charge in [0.25, 0.3) is 0 Å². The smallest absolute Gasteiger partial charge is 0.166 e. The highest BCUT2D eigenvalue weighted by atomic mass is 35.5. The van der Waals surface area contributed by atoms with E-state index in [0.29, 0.717) is 12.6 Å². The van der Waals surface area contributed by atoms with Gasteiger partial charge in [-0.1, -0.05) is 41.9 Å².